The summed E-state index contributed by atoms with van der Waals surface area (Å²) >= 11 is 0. The number of aliphatic hydroxyl groups excluding tert-OH is 1. The van der Waals surface area contributed by atoms with Crippen molar-refractivity contribution in [2.24, 2.45) is 4.99 Å². The molecule has 5 nitrogen and oxygen atoms in total. The van der Waals surface area contributed by atoms with Gasteiger partial charge in [-0.2, -0.15) is 0 Å². The van der Waals surface area contributed by atoms with Crippen molar-refractivity contribution in [2.75, 3.05) is 6.54 Å². The number of nitrogens with zero attached hydrogens (tertiary/aromatic N) is 1. The SMILES string of the molecule is CCCCC(=NCCc1c(C)[nH]c2ccc(OC(F)(F)F)cc12)C1=C(O)CC(c2ccccc2)CC1=O. The maximum Gasteiger partial charge on any atom is 0.573 e. The molecule has 1 unspecified atom stereocenters. The third-order valence-electron chi connectivity index (χ3n) is 6.75. The second kappa shape index (κ2) is 11.2. The van der Waals surface area contributed by atoms with Crippen molar-refractivity contribution < 1.29 is 27.8 Å². The largest absolute Gasteiger partial charge is 0.573 e. The molecule has 0 spiro atoms. The lowest BCUT2D eigenvalue weighted by atomic mass is 9.80. The second-order valence-corrected chi connectivity index (χ2v) is 9.43. The first kappa shape index (κ1) is 26.5. The highest BCUT2D eigenvalue weighted by atomic mass is 19.4. The predicted octanol–water partition coefficient (Wildman–Crippen LogP) is 7.51. The van der Waals surface area contributed by atoms with Gasteiger partial charge >= 0.3 is 6.36 Å². The molecule has 0 fully saturated rings. The number of ether oxygens (including phenoxy) is 1. The molecule has 0 saturated heterocycles. The Kier molecular flexibility index (Phi) is 8.05. The number of Topliss-reactive ketones (excluding diaryl/α,β-unsaturated/α-hetero) is 1. The lowest BCUT2D eigenvalue weighted by molar-refractivity contribution is -0.274. The van der Waals surface area contributed by atoms with Crippen molar-refractivity contribution in [1.29, 1.82) is 0 Å². The van der Waals surface area contributed by atoms with Crippen LogP contribution < -0.4 is 4.74 Å². The molecule has 0 bridgehead atoms. The average molecular weight is 513 g/mol. The van der Waals surface area contributed by atoms with Gasteiger partial charge in [0.1, 0.15) is 11.5 Å². The number of aliphatic hydroxyl groups is 1. The van der Waals surface area contributed by atoms with E-state index < -0.39 is 6.36 Å². The number of halogens is 3. The molecule has 2 N–H and O–H groups in total. The van der Waals surface area contributed by atoms with E-state index in [9.17, 15) is 23.1 Å². The molecule has 1 heterocycles. The number of aromatic nitrogens is 1. The number of carbonyl (C=O) groups excluding carboxylic acids is 1. The van der Waals surface area contributed by atoms with Gasteiger partial charge in [0.25, 0.3) is 0 Å². The molecule has 0 radical (unpaired) electrons. The number of aromatic amines is 1. The Balaban J connectivity index is 1.57. The fraction of sp³-hybridized carbons (Fsp3) is 0.379. The normalized spacial score (nSPS) is 17.1. The molecular formula is C29H31F3N2O3. The number of carbonyl (C=O) groups is 1. The van der Waals surface area contributed by atoms with Gasteiger partial charge in [-0.15, -0.1) is 13.2 Å². The Labute approximate surface area is 214 Å². The molecule has 1 aliphatic rings. The van der Waals surface area contributed by atoms with Crippen LogP contribution in [0.5, 0.6) is 5.75 Å². The highest BCUT2D eigenvalue weighted by molar-refractivity contribution is 6.23. The van der Waals surface area contributed by atoms with Crippen molar-refractivity contribution >= 4 is 22.4 Å². The highest BCUT2D eigenvalue weighted by Crippen LogP contribution is 2.35. The fourth-order valence-corrected chi connectivity index (χ4v) is 4.99. The fourth-order valence-electron chi connectivity index (χ4n) is 4.99. The number of benzene rings is 2. The monoisotopic (exact) mass is 512 g/mol. The molecule has 0 aliphatic heterocycles. The molecule has 37 heavy (non-hydrogen) atoms. The van der Waals surface area contributed by atoms with Crippen LogP contribution in [0.3, 0.4) is 0 Å². The number of hydrogen-bond acceptors (Lipinski definition) is 4. The minimum absolute atomic E-state index is 0.0631. The number of H-pyrrole nitrogens is 1. The topological polar surface area (TPSA) is 74.7 Å². The Bertz CT molecular complexity index is 1320. The van der Waals surface area contributed by atoms with Gasteiger partial charge in [0.2, 0.25) is 0 Å². The van der Waals surface area contributed by atoms with Crippen LogP contribution in [0.4, 0.5) is 13.2 Å². The number of nitrogens with one attached hydrogen (secondary N) is 1. The first-order valence-corrected chi connectivity index (χ1v) is 12.6. The molecule has 1 aliphatic carbocycles. The number of ketones is 1. The van der Waals surface area contributed by atoms with E-state index >= 15 is 0 Å². The molecule has 1 aromatic heterocycles. The van der Waals surface area contributed by atoms with Crippen LogP contribution in [0.1, 0.15) is 61.8 Å². The van der Waals surface area contributed by atoms with E-state index in [1.165, 1.54) is 12.1 Å². The van der Waals surface area contributed by atoms with Crippen LogP contribution in [0.25, 0.3) is 10.9 Å². The minimum Gasteiger partial charge on any atom is -0.511 e. The molecule has 1 atom stereocenters. The van der Waals surface area contributed by atoms with Crippen molar-refractivity contribution in [2.45, 2.75) is 64.7 Å². The van der Waals surface area contributed by atoms with Gasteiger partial charge in [0.15, 0.2) is 5.78 Å². The zero-order valence-electron chi connectivity index (χ0n) is 21.0. The van der Waals surface area contributed by atoms with Gasteiger partial charge in [-0.25, -0.2) is 0 Å². The van der Waals surface area contributed by atoms with E-state index in [4.69, 9.17) is 4.99 Å². The summed E-state index contributed by atoms with van der Waals surface area (Å²) in [7, 11) is 0. The van der Waals surface area contributed by atoms with Crippen LogP contribution in [-0.4, -0.2) is 34.5 Å². The molecule has 8 heteroatoms. The van der Waals surface area contributed by atoms with E-state index in [0.717, 1.165) is 29.7 Å². The predicted molar refractivity (Wildman–Crippen MR) is 138 cm³/mol. The van der Waals surface area contributed by atoms with Gasteiger partial charge < -0.3 is 14.8 Å². The molecule has 3 aromatic rings. The van der Waals surface area contributed by atoms with E-state index in [0.29, 0.717) is 54.4 Å². The minimum atomic E-state index is -4.76. The Morgan fingerprint density at radius 1 is 1.16 bits per heavy atom. The zero-order chi connectivity index (χ0) is 26.6. The lowest BCUT2D eigenvalue weighted by Gasteiger charge is -2.24. The van der Waals surface area contributed by atoms with E-state index in [1.807, 2.05) is 37.3 Å². The van der Waals surface area contributed by atoms with Gasteiger partial charge in [0, 0.05) is 41.7 Å². The maximum absolute atomic E-state index is 13.2. The number of allylic oxidation sites excluding steroid dienone is 2. The highest BCUT2D eigenvalue weighted by Gasteiger charge is 2.32. The number of rotatable bonds is 9. The number of aliphatic imine (C=N–C) groups is 1. The summed E-state index contributed by atoms with van der Waals surface area (Å²) in [6.45, 7) is 4.25. The summed E-state index contributed by atoms with van der Waals surface area (Å²) in [5.41, 5.74) is 4.36. The van der Waals surface area contributed by atoms with Crippen molar-refractivity contribution in [3.8, 4) is 5.75 Å². The molecule has 196 valence electrons. The summed E-state index contributed by atoms with van der Waals surface area (Å²) in [6, 6.07) is 13.9. The van der Waals surface area contributed by atoms with Crippen molar-refractivity contribution in [3.63, 3.8) is 0 Å². The third-order valence-corrected chi connectivity index (χ3v) is 6.75. The quantitative estimate of drug-likeness (QED) is 0.291. The lowest BCUT2D eigenvalue weighted by Crippen LogP contribution is -2.24. The second-order valence-electron chi connectivity index (χ2n) is 9.43. The summed E-state index contributed by atoms with van der Waals surface area (Å²) in [5, 5.41) is 11.5. The first-order valence-electron chi connectivity index (χ1n) is 12.6. The standard InChI is InChI=1S/C29H31F3N2O3/c1-3-4-10-25(28-26(35)15-20(16-27(28)36)19-8-6-5-7-9-19)33-14-13-22-18(2)34-24-12-11-21(17-23(22)24)37-29(30,31)32/h5-9,11-12,17,20,34-35H,3-4,10,13-16H2,1-2H3. The van der Waals surface area contributed by atoms with Crippen LogP contribution >= 0.6 is 0 Å². The zero-order valence-corrected chi connectivity index (χ0v) is 21.0. The summed E-state index contributed by atoms with van der Waals surface area (Å²) < 4.78 is 42.2. The van der Waals surface area contributed by atoms with Crippen LogP contribution in [-0.2, 0) is 11.2 Å². The Hall–Kier alpha value is -3.55. The molecule has 2 aromatic carbocycles. The van der Waals surface area contributed by atoms with Crippen LogP contribution in [0.15, 0.2) is 64.9 Å². The third kappa shape index (κ3) is 6.42. The smallest absolute Gasteiger partial charge is 0.511 e. The Morgan fingerprint density at radius 3 is 2.59 bits per heavy atom. The van der Waals surface area contributed by atoms with Crippen LogP contribution in [0.2, 0.25) is 0 Å². The van der Waals surface area contributed by atoms with Crippen molar-refractivity contribution in [3.05, 3.63) is 76.7 Å². The van der Waals surface area contributed by atoms with E-state index in [-0.39, 0.29) is 23.2 Å². The van der Waals surface area contributed by atoms with Crippen LogP contribution in [0, 0.1) is 6.92 Å². The van der Waals surface area contributed by atoms with Gasteiger partial charge in [0.05, 0.1) is 5.57 Å². The van der Waals surface area contributed by atoms with Gasteiger partial charge in [-0.05, 0) is 61.4 Å². The van der Waals surface area contributed by atoms with Crippen molar-refractivity contribution in [1.82, 2.24) is 4.98 Å². The summed E-state index contributed by atoms with van der Waals surface area (Å²) in [6.07, 6.45) is -1.27. The molecule has 0 saturated carbocycles. The number of fused-ring (bicyclic) bond motifs is 1. The maximum atomic E-state index is 13.2. The number of alkyl halides is 3. The average Bonchev–Trinajstić information content (AvgIpc) is 3.15. The molecular weight excluding hydrogens is 481 g/mol. The Morgan fingerprint density at radius 2 is 1.92 bits per heavy atom. The number of unbranched alkanes of at least 4 members (excludes halogenated alkanes) is 1. The number of aryl methyl sites for hydroxylation is 1. The van der Waals surface area contributed by atoms with E-state index in [2.05, 4.69) is 16.6 Å². The molecule has 4 rings (SSSR count). The number of hydrogen-bond donors (Lipinski definition) is 2. The summed E-state index contributed by atoms with van der Waals surface area (Å²) in [4.78, 5) is 21.1. The van der Waals surface area contributed by atoms with Gasteiger partial charge in [-0.1, -0.05) is 43.7 Å². The summed E-state index contributed by atoms with van der Waals surface area (Å²) in [5.74, 6) is -0.364. The van der Waals surface area contributed by atoms with E-state index in [1.54, 1.807) is 6.07 Å². The molecule has 0 amide bonds. The van der Waals surface area contributed by atoms with Gasteiger partial charge in [-0.3, -0.25) is 9.79 Å². The first-order chi connectivity index (χ1) is 17.7.